The molecule has 0 saturated carbocycles. The summed E-state index contributed by atoms with van der Waals surface area (Å²) in [4.78, 5) is 12.1. The quantitative estimate of drug-likeness (QED) is 0.830. The minimum absolute atomic E-state index is 0.221. The molecule has 0 atom stereocenters. The van der Waals surface area contributed by atoms with Crippen molar-refractivity contribution in [3.8, 4) is 5.88 Å². The maximum absolute atomic E-state index is 5.57. The molecular weight excluding hydrogens is 204 g/mol. The Labute approximate surface area is 93.3 Å². The Morgan fingerprint density at radius 3 is 2.94 bits per heavy atom. The summed E-state index contributed by atoms with van der Waals surface area (Å²) in [6, 6.07) is 5.64. The maximum atomic E-state index is 5.57. The van der Waals surface area contributed by atoms with Gasteiger partial charge in [-0.05, 0) is 11.6 Å². The van der Waals surface area contributed by atoms with Crippen molar-refractivity contribution in [3.05, 3.63) is 41.9 Å². The molecule has 0 aliphatic rings. The summed E-state index contributed by atoms with van der Waals surface area (Å²) >= 11 is 0. The number of ether oxygens (including phenoxy) is 1. The second kappa shape index (κ2) is 4.57. The molecule has 0 aliphatic heterocycles. The highest BCUT2D eigenvalue weighted by atomic mass is 16.5. The largest absolute Gasteiger partial charge is 0.481 e. The maximum Gasteiger partial charge on any atom is 0.223 e. The highest BCUT2D eigenvalue weighted by Crippen LogP contribution is 2.13. The number of aromatic nitrogens is 3. The fourth-order valence-corrected chi connectivity index (χ4v) is 1.40. The Hall–Kier alpha value is -2.17. The zero-order chi connectivity index (χ0) is 11.4. The van der Waals surface area contributed by atoms with Crippen molar-refractivity contribution in [1.82, 2.24) is 15.0 Å². The molecule has 2 aromatic heterocycles. The van der Waals surface area contributed by atoms with Crippen LogP contribution in [-0.2, 0) is 6.42 Å². The molecule has 0 spiro atoms. The SMILES string of the molecule is COc1cc(Cc2cccnc2)nc(N)n1. The Balaban J connectivity index is 2.24. The summed E-state index contributed by atoms with van der Waals surface area (Å²) in [5.74, 6) is 0.699. The van der Waals surface area contributed by atoms with E-state index >= 15 is 0 Å². The molecule has 0 aliphatic carbocycles. The zero-order valence-electron chi connectivity index (χ0n) is 8.92. The summed E-state index contributed by atoms with van der Waals surface area (Å²) in [5.41, 5.74) is 7.46. The first kappa shape index (κ1) is 10.4. The molecule has 0 saturated heterocycles. The fraction of sp³-hybridized carbons (Fsp3) is 0.182. The van der Waals surface area contributed by atoms with E-state index in [4.69, 9.17) is 10.5 Å². The van der Waals surface area contributed by atoms with Gasteiger partial charge in [0.15, 0.2) is 0 Å². The average molecular weight is 216 g/mol. The Kier molecular flexibility index (Phi) is 2.95. The monoisotopic (exact) mass is 216 g/mol. The first-order chi connectivity index (χ1) is 7.78. The van der Waals surface area contributed by atoms with Crippen molar-refractivity contribution in [1.29, 1.82) is 0 Å². The molecule has 82 valence electrons. The van der Waals surface area contributed by atoms with Crippen LogP contribution in [0.25, 0.3) is 0 Å². The molecule has 0 radical (unpaired) electrons. The van der Waals surface area contributed by atoms with Gasteiger partial charge in [-0.25, -0.2) is 4.98 Å². The van der Waals surface area contributed by atoms with Crippen molar-refractivity contribution >= 4 is 5.95 Å². The summed E-state index contributed by atoms with van der Waals surface area (Å²) in [6.45, 7) is 0. The van der Waals surface area contributed by atoms with Gasteiger partial charge in [0.25, 0.3) is 0 Å². The lowest BCUT2D eigenvalue weighted by Gasteiger charge is -2.04. The molecule has 0 aromatic carbocycles. The van der Waals surface area contributed by atoms with Gasteiger partial charge in [-0.1, -0.05) is 6.07 Å². The number of anilines is 1. The summed E-state index contributed by atoms with van der Waals surface area (Å²) in [5, 5.41) is 0. The van der Waals surface area contributed by atoms with Crippen molar-refractivity contribution in [2.45, 2.75) is 6.42 Å². The van der Waals surface area contributed by atoms with Crippen molar-refractivity contribution in [2.24, 2.45) is 0 Å². The molecule has 2 rings (SSSR count). The molecule has 0 unspecified atom stereocenters. The number of hydrogen-bond donors (Lipinski definition) is 1. The van der Waals surface area contributed by atoms with Gasteiger partial charge in [0.2, 0.25) is 11.8 Å². The van der Waals surface area contributed by atoms with Crippen LogP contribution in [0.15, 0.2) is 30.6 Å². The number of nitrogens with two attached hydrogens (primary N) is 1. The molecule has 16 heavy (non-hydrogen) atoms. The normalized spacial score (nSPS) is 10.1. The van der Waals surface area contributed by atoms with Crippen molar-refractivity contribution in [3.63, 3.8) is 0 Å². The van der Waals surface area contributed by atoms with E-state index in [-0.39, 0.29) is 5.95 Å². The molecular formula is C11H12N4O. The van der Waals surface area contributed by atoms with Crippen LogP contribution in [0.2, 0.25) is 0 Å². The molecule has 0 fully saturated rings. The van der Waals surface area contributed by atoms with E-state index in [0.29, 0.717) is 12.3 Å². The lowest BCUT2D eigenvalue weighted by atomic mass is 10.1. The van der Waals surface area contributed by atoms with Crippen LogP contribution in [0.5, 0.6) is 5.88 Å². The molecule has 2 N–H and O–H groups in total. The topological polar surface area (TPSA) is 73.9 Å². The first-order valence-corrected chi connectivity index (χ1v) is 4.84. The predicted octanol–water partition coefficient (Wildman–Crippen LogP) is 1.05. The van der Waals surface area contributed by atoms with Gasteiger partial charge in [-0.2, -0.15) is 4.98 Å². The van der Waals surface area contributed by atoms with Gasteiger partial charge >= 0.3 is 0 Å². The average Bonchev–Trinajstić information content (AvgIpc) is 2.29. The van der Waals surface area contributed by atoms with E-state index in [1.165, 1.54) is 0 Å². The third kappa shape index (κ3) is 2.44. The van der Waals surface area contributed by atoms with Gasteiger partial charge in [0.05, 0.1) is 12.8 Å². The molecule has 5 nitrogen and oxygen atoms in total. The second-order valence-corrected chi connectivity index (χ2v) is 3.30. The molecule has 2 aromatic rings. The van der Waals surface area contributed by atoms with E-state index in [2.05, 4.69) is 15.0 Å². The Morgan fingerprint density at radius 2 is 2.25 bits per heavy atom. The van der Waals surface area contributed by atoms with Crippen LogP contribution in [0.1, 0.15) is 11.3 Å². The summed E-state index contributed by atoms with van der Waals surface area (Å²) in [6.07, 6.45) is 4.19. The third-order valence-corrected chi connectivity index (χ3v) is 2.09. The Morgan fingerprint density at radius 1 is 1.38 bits per heavy atom. The highest BCUT2D eigenvalue weighted by Gasteiger charge is 2.03. The van der Waals surface area contributed by atoms with Crippen LogP contribution in [0, 0.1) is 0 Å². The van der Waals surface area contributed by atoms with E-state index in [9.17, 15) is 0 Å². The van der Waals surface area contributed by atoms with Crippen LogP contribution >= 0.6 is 0 Å². The smallest absolute Gasteiger partial charge is 0.223 e. The second-order valence-electron chi connectivity index (χ2n) is 3.30. The molecule has 5 heteroatoms. The highest BCUT2D eigenvalue weighted by molar-refractivity contribution is 5.29. The van der Waals surface area contributed by atoms with E-state index < -0.39 is 0 Å². The summed E-state index contributed by atoms with van der Waals surface area (Å²) < 4.78 is 5.03. The number of nitrogen functional groups attached to an aromatic ring is 1. The zero-order valence-corrected chi connectivity index (χ0v) is 8.92. The lowest BCUT2D eigenvalue weighted by molar-refractivity contribution is 0.397. The van der Waals surface area contributed by atoms with Gasteiger partial charge in [-0.3, -0.25) is 4.98 Å². The van der Waals surface area contributed by atoms with E-state index in [1.54, 1.807) is 25.6 Å². The van der Waals surface area contributed by atoms with Gasteiger partial charge in [0.1, 0.15) is 0 Å². The number of nitrogens with zero attached hydrogens (tertiary/aromatic N) is 3. The molecule has 0 bridgehead atoms. The number of pyridine rings is 1. The Bertz CT molecular complexity index is 473. The molecule has 2 heterocycles. The van der Waals surface area contributed by atoms with Gasteiger partial charge < -0.3 is 10.5 Å². The first-order valence-electron chi connectivity index (χ1n) is 4.84. The number of hydrogen-bond acceptors (Lipinski definition) is 5. The van der Waals surface area contributed by atoms with Crippen LogP contribution in [0.3, 0.4) is 0 Å². The van der Waals surface area contributed by atoms with Crippen molar-refractivity contribution in [2.75, 3.05) is 12.8 Å². The summed E-state index contributed by atoms with van der Waals surface area (Å²) in [7, 11) is 1.55. The van der Waals surface area contributed by atoms with E-state index in [0.717, 1.165) is 11.3 Å². The van der Waals surface area contributed by atoms with E-state index in [1.807, 2.05) is 12.1 Å². The number of rotatable bonds is 3. The van der Waals surface area contributed by atoms with Gasteiger partial charge in [-0.15, -0.1) is 0 Å². The minimum Gasteiger partial charge on any atom is -0.481 e. The van der Waals surface area contributed by atoms with Gasteiger partial charge in [0, 0.05) is 24.9 Å². The van der Waals surface area contributed by atoms with Crippen molar-refractivity contribution < 1.29 is 4.74 Å². The lowest BCUT2D eigenvalue weighted by Crippen LogP contribution is -2.02. The third-order valence-electron chi connectivity index (χ3n) is 2.09. The number of methoxy groups -OCH3 is 1. The van der Waals surface area contributed by atoms with Crippen LogP contribution in [-0.4, -0.2) is 22.1 Å². The minimum atomic E-state index is 0.221. The fourth-order valence-electron chi connectivity index (χ4n) is 1.40. The standard InChI is InChI=1S/C11H12N4O/c1-16-10-6-9(14-11(12)15-10)5-8-3-2-4-13-7-8/h2-4,6-7H,5H2,1H3,(H2,12,14,15). The van der Waals surface area contributed by atoms with Crippen LogP contribution in [0.4, 0.5) is 5.95 Å². The van der Waals surface area contributed by atoms with Crippen LogP contribution < -0.4 is 10.5 Å². The predicted molar refractivity (Wildman–Crippen MR) is 60.0 cm³/mol. The molecule has 0 amide bonds.